The highest BCUT2D eigenvalue weighted by atomic mass is 79.9. The van der Waals surface area contributed by atoms with Crippen LogP contribution in [-0.2, 0) is 16.9 Å². The summed E-state index contributed by atoms with van der Waals surface area (Å²) in [5, 5.41) is 9.35. The molecule has 26 heavy (non-hydrogen) atoms. The first-order valence-corrected chi connectivity index (χ1v) is 9.10. The SMILES string of the molecule is CC(C)(C)[S@@+]([O-])N[C@](C[C@@H](O)C(F)(F)F)(c1nc(Br)ccc1F)C(F)F. The van der Waals surface area contributed by atoms with Gasteiger partial charge in [-0.05, 0) is 48.8 Å². The molecule has 0 aromatic carbocycles. The van der Waals surface area contributed by atoms with Crippen molar-refractivity contribution in [3.05, 3.63) is 28.2 Å². The van der Waals surface area contributed by atoms with Crippen molar-refractivity contribution in [1.82, 2.24) is 9.71 Å². The number of rotatable bonds is 6. The van der Waals surface area contributed by atoms with Crippen molar-refractivity contribution < 1.29 is 36.0 Å². The quantitative estimate of drug-likeness (QED) is 0.376. The van der Waals surface area contributed by atoms with E-state index >= 15 is 0 Å². The van der Waals surface area contributed by atoms with Crippen LogP contribution in [0.1, 0.15) is 32.9 Å². The molecule has 1 heterocycles. The summed E-state index contributed by atoms with van der Waals surface area (Å²) in [7, 11) is 0. The molecule has 1 aromatic heterocycles. The molecule has 12 heteroatoms. The molecule has 150 valence electrons. The van der Waals surface area contributed by atoms with Gasteiger partial charge >= 0.3 is 6.18 Å². The molecule has 0 aliphatic rings. The van der Waals surface area contributed by atoms with Crippen LogP contribution in [0.3, 0.4) is 0 Å². The zero-order valence-corrected chi connectivity index (χ0v) is 16.3. The Bertz CT molecular complexity index is 604. The molecule has 0 saturated carbocycles. The smallest absolute Gasteiger partial charge is 0.414 e. The minimum absolute atomic E-state index is 0.122. The number of alkyl halides is 5. The highest BCUT2D eigenvalue weighted by Gasteiger charge is 2.55. The number of halogens is 7. The van der Waals surface area contributed by atoms with Crippen molar-refractivity contribution in [1.29, 1.82) is 0 Å². The van der Waals surface area contributed by atoms with E-state index in [4.69, 9.17) is 0 Å². The molecule has 0 radical (unpaired) electrons. The molecule has 4 nitrogen and oxygen atoms in total. The minimum atomic E-state index is -5.24. The number of nitrogens with one attached hydrogen (secondary N) is 1. The third kappa shape index (κ3) is 5.47. The normalized spacial score (nSPS) is 17.9. The van der Waals surface area contributed by atoms with Gasteiger partial charge < -0.3 is 9.66 Å². The molecular weight excluding hydrogens is 454 g/mol. The minimum Gasteiger partial charge on any atom is -0.598 e. The maximum absolute atomic E-state index is 14.2. The molecule has 1 rings (SSSR count). The Balaban J connectivity index is 3.57. The number of aromatic nitrogens is 1. The molecule has 0 aliphatic carbocycles. The second-order valence-corrected chi connectivity index (χ2v) is 9.26. The first-order valence-electron chi connectivity index (χ1n) is 7.16. The Labute approximate surface area is 157 Å². The van der Waals surface area contributed by atoms with Gasteiger partial charge in [0.2, 0.25) is 0 Å². The van der Waals surface area contributed by atoms with Gasteiger partial charge in [0.15, 0.2) is 11.6 Å². The number of hydrogen-bond donors (Lipinski definition) is 2. The molecular formula is C14H17BrF6N2O2S. The maximum atomic E-state index is 14.2. The van der Waals surface area contributed by atoms with Gasteiger partial charge in [-0.2, -0.15) is 13.2 Å². The lowest BCUT2D eigenvalue weighted by Gasteiger charge is -2.37. The van der Waals surface area contributed by atoms with E-state index in [1.165, 1.54) is 20.8 Å². The van der Waals surface area contributed by atoms with Crippen molar-refractivity contribution >= 4 is 27.3 Å². The second kappa shape index (κ2) is 8.21. The number of pyridine rings is 1. The average Bonchev–Trinajstić information content (AvgIpc) is 2.46. The molecule has 2 N–H and O–H groups in total. The lowest BCUT2D eigenvalue weighted by molar-refractivity contribution is -0.214. The molecule has 0 fully saturated rings. The number of nitrogens with zero attached hydrogens (tertiary/aromatic N) is 1. The number of aliphatic hydroxyl groups is 1. The van der Waals surface area contributed by atoms with Gasteiger partial charge in [0.05, 0.1) is 0 Å². The van der Waals surface area contributed by atoms with Crippen LogP contribution in [0.2, 0.25) is 0 Å². The van der Waals surface area contributed by atoms with Crippen molar-refractivity contribution in [2.45, 2.75) is 56.2 Å². The van der Waals surface area contributed by atoms with Crippen molar-refractivity contribution in [2.75, 3.05) is 0 Å². The van der Waals surface area contributed by atoms with E-state index < -0.39 is 58.3 Å². The van der Waals surface area contributed by atoms with Gasteiger partial charge in [0.25, 0.3) is 6.43 Å². The van der Waals surface area contributed by atoms with E-state index in [2.05, 4.69) is 20.9 Å². The number of hydrogen-bond acceptors (Lipinski definition) is 4. The van der Waals surface area contributed by atoms with Crippen LogP contribution in [0.25, 0.3) is 0 Å². The Morgan fingerprint density at radius 2 is 1.81 bits per heavy atom. The average molecular weight is 471 g/mol. The molecule has 0 spiro atoms. The zero-order chi connectivity index (χ0) is 20.5. The summed E-state index contributed by atoms with van der Waals surface area (Å²) in [5.74, 6) is -1.33. The van der Waals surface area contributed by atoms with Gasteiger partial charge in [-0.3, -0.25) is 0 Å². The van der Waals surface area contributed by atoms with Crippen LogP contribution >= 0.6 is 15.9 Å². The fourth-order valence-electron chi connectivity index (χ4n) is 1.89. The summed E-state index contributed by atoms with van der Waals surface area (Å²) in [4.78, 5) is 3.52. The lowest BCUT2D eigenvalue weighted by atomic mass is 9.88. The van der Waals surface area contributed by atoms with E-state index in [0.29, 0.717) is 0 Å². The Morgan fingerprint density at radius 1 is 1.27 bits per heavy atom. The summed E-state index contributed by atoms with van der Waals surface area (Å²) in [6.45, 7) is 4.16. The Morgan fingerprint density at radius 3 is 2.23 bits per heavy atom. The van der Waals surface area contributed by atoms with Gasteiger partial charge in [-0.25, -0.2) is 18.2 Å². The van der Waals surface area contributed by atoms with Gasteiger partial charge in [-0.1, -0.05) is 0 Å². The van der Waals surface area contributed by atoms with E-state index in [1.807, 2.05) is 4.72 Å². The largest absolute Gasteiger partial charge is 0.598 e. The summed E-state index contributed by atoms with van der Waals surface area (Å²) >= 11 is 0.522. The van der Waals surface area contributed by atoms with Gasteiger partial charge in [-0.15, -0.1) is 4.72 Å². The molecule has 0 saturated heterocycles. The van der Waals surface area contributed by atoms with Gasteiger partial charge in [0.1, 0.15) is 20.9 Å². The van der Waals surface area contributed by atoms with Gasteiger partial charge in [0, 0.05) is 17.8 Å². The van der Waals surface area contributed by atoms with Crippen LogP contribution in [0.5, 0.6) is 0 Å². The summed E-state index contributed by atoms with van der Waals surface area (Å²) in [6.07, 6.45) is -13.8. The molecule has 3 atom stereocenters. The predicted molar refractivity (Wildman–Crippen MR) is 87.3 cm³/mol. The summed E-state index contributed by atoms with van der Waals surface area (Å²) in [5.41, 5.74) is -4.22. The van der Waals surface area contributed by atoms with E-state index in [0.717, 1.165) is 12.1 Å². The molecule has 0 bridgehead atoms. The second-order valence-electron chi connectivity index (χ2n) is 6.48. The van der Waals surface area contributed by atoms with E-state index in [-0.39, 0.29) is 4.60 Å². The van der Waals surface area contributed by atoms with Crippen molar-refractivity contribution in [2.24, 2.45) is 0 Å². The fourth-order valence-corrected chi connectivity index (χ4v) is 3.11. The predicted octanol–water partition coefficient (Wildman–Crippen LogP) is 3.81. The van der Waals surface area contributed by atoms with E-state index in [1.54, 1.807) is 0 Å². The lowest BCUT2D eigenvalue weighted by Crippen LogP contribution is -2.58. The topological polar surface area (TPSA) is 68.2 Å². The van der Waals surface area contributed by atoms with Crippen LogP contribution < -0.4 is 4.72 Å². The van der Waals surface area contributed by atoms with Crippen LogP contribution in [0, 0.1) is 5.82 Å². The van der Waals surface area contributed by atoms with Crippen LogP contribution in [0.4, 0.5) is 26.3 Å². The summed E-state index contributed by atoms with van der Waals surface area (Å²) in [6, 6.07) is 1.79. The van der Waals surface area contributed by atoms with Crippen molar-refractivity contribution in [3.8, 4) is 0 Å². The monoisotopic (exact) mass is 470 g/mol. The zero-order valence-electron chi connectivity index (χ0n) is 13.9. The Hall–Kier alpha value is -0.560. The molecule has 1 aromatic rings. The summed E-state index contributed by atoms with van der Waals surface area (Å²) < 4.78 is 93.4. The first kappa shape index (κ1) is 23.5. The fraction of sp³-hybridized carbons (Fsp3) is 0.643. The Kier molecular flexibility index (Phi) is 7.41. The third-order valence-corrected chi connectivity index (χ3v) is 5.43. The highest BCUT2D eigenvalue weighted by Crippen LogP contribution is 2.39. The van der Waals surface area contributed by atoms with Crippen LogP contribution in [0.15, 0.2) is 16.7 Å². The van der Waals surface area contributed by atoms with Crippen LogP contribution in [-0.4, -0.2) is 38.1 Å². The highest BCUT2D eigenvalue weighted by molar-refractivity contribution is 9.10. The first-order chi connectivity index (χ1) is 11.6. The third-order valence-electron chi connectivity index (χ3n) is 3.33. The number of aliphatic hydroxyl groups excluding tert-OH is 1. The maximum Gasteiger partial charge on any atom is 0.414 e. The molecule has 0 unspecified atom stereocenters. The molecule has 0 aliphatic heterocycles. The van der Waals surface area contributed by atoms with Crippen molar-refractivity contribution in [3.63, 3.8) is 0 Å². The standard InChI is InChI=1S/C14H17BrF6N2O2S/c1-12(2,3)26(25)23-13(11(17)18,6-8(24)14(19,20)21)10-7(16)4-5-9(15)22-10/h4-5,8,11,23-24H,6H2,1-3H3/t8-,13-,26-/m1/s1. The molecule has 0 amide bonds. The van der Waals surface area contributed by atoms with E-state index in [9.17, 15) is 36.0 Å².